The van der Waals surface area contributed by atoms with Crippen LogP contribution in [-0.4, -0.2) is 16.9 Å². The van der Waals surface area contributed by atoms with E-state index in [9.17, 15) is 0 Å². The van der Waals surface area contributed by atoms with Crippen molar-refractivity contribution in [2.45, 2.75) is 33.2 Å². The zero-order chi connectivity index (χ0) is 14.8. The van der Waals surface area contributed by atoms with E-state index in [1.54, 1.807) is 17.4 Å². The zero-order valence-corrected chi connectivity index (χ0v) is 13.0. The SMILES string of the molecule is Cc1nc(C)c(CNC2=CC(C3CC3)=N/C(=C/C=N)N2)s1. The summed E-state index contributed by atoms with van der Waals surface area (Å²) in [7, 11) is 0. The molecule has 1 aliphatic carbocycles. The number of nitrogens with zero attached hydrogens (tertiary/aromatic N) is 2. The minimum absolute atomic E-state index is 0.588. The second kappa shape index (κ2) is 5.81. The highest BCUT2D eigenvalue weighted by Crippen LogP contribution is 2.32. The molecule has 3 N–H and O–H groups in total. The summed E-state index contributed by atoms with van der Waals surface area (Å²) in [5.41, 5.74) is 2.20. The lowest BCUT2D eigenvalue weighted by atomic mass is 10.2. The predicted octanol–water partition coefficient (Wildman–Crippen LogP) is 2.64. The first-order valence-corrected chi connectivity index (χ1v) is 7.92. The second-order valence-electron chi connectivity index (χ2n) is 5.31. The standard InChI is InChI=1S/C15H19N5S/c1-9-13(21-10(2)18-9)8-17-15-7-12(11-3-4-11)19-14(20-15)5-6-16/h5-7,11,16-17,20H,3-4,8H2,1-2H3/b14-5-,16-6?. The Morgan fingerprint density at radius 3 is 2.90 bits per heavy atom. The highest BCUT2D eigenvalue weighted by Gasteiger charge is 2.28. The van der Waals surface area contributed by atoms with E-state index in [2.05, 4.69) is 26.7 Å². The maximum absolute atomic E-state index is 7.20. The number of hydrogen-bond donors (Lipinski definition) is 3. The van der Waals surface area contributed by atoms with Crippen molar-refractivity contribution in [3.05, 3.63) is 39.4 Å². The van der Waals surface area contributed by atoms with Crippen molar-refractivity contribution in [2.24, 2.45) is 10.9 Å². The molecule has 3 rings (SSSR count). The Morgan fingerprint density at radius 2 is 2.29 bits per heavy atom. The third-order valence-corrected chi connectivity index (χ3v) is 4.55. The normalized spacial score (nSPS) is 19.8. The van der Waals surface area contributed by atoms with Crippen molar-refractivity contribution in [1.29, 1.82) is 5.41 Å². The van der Waals surface area contributed by atoms with Crippen LogP contribution in [0.25, 0.3) is 0 Å². The number of aromatic nitrogens is 1. The molecule has 0 unspecified atom stereocenters. The Kier molecular flexibility index (Phi) is 3.88. The van der Waals surface area contributed by atoms with Gasteiger partial charge in [-0.15, -0.1) is 11.3 Å². The largest absolute Gasteiger partial charge is 0.367 e. The molecule has 1 saturated carbocycles. The average Bonchev–Trinajstić information content (AvgIpc) is 3.23. The van der Waals surface area contributed by atoms with Gasteiger partial charge in [-0.1, -0.05) is 0 Å². The van der Waals surface area contributed by atoms with Gasteiger partial charge >= 0.3 is 0 Å². The molecule has 0 bridgehead atoms. The molecule has 2 heterocycles. The van der Waals surface area contributed by atoms with Gasteiger partial charge in [0.15, 0.2) is 0 Å². The molecular formula is C15H19N5S. The summed E-state index contributed by atoms with van der Waals surface area (Å²) >= 11 is 1.72. The molecule has 0 saturated heterocycles. The number of thiazole rings is 1. The van der Waals surface area contributed by atoms with Crippen molar-refractivity contribution in [2.75, 3.05) is 0 Å². The van der Waals surface area contributed by atoms with Gasteiger partial charge in [0.2, 0.25) is 0 Å². The van der Waals surface area contributed by atoms with E-state index in [0.717, 1.165) is 34.6 Å². The molecule has 0 atom stereocenters. The molecule has 1 aliphatic heterocycles. The van der Waals surface area contributed by atoms with Crippen LogP contribution in [0.4, 0.5) is 0 Å². The van der Waals surface area contributed by atoms with Crippen LogP contribution in [-0.2, 0) is 6.54 Å². The molecule has 0 radical (unpaired) electrons. The first-order chi connectivity index (χ1) is 10.2. The first kappa shape index (κ1) is 14.0. The third kappa shape index (κ3) is 3.39. The van der Waals surface area contributed by atoms with E-state index < -0.39 is 0 Å². The smallest absolute Gasteiger partial charge is 0.133 e. The summed E-state index contributed by atoms with van der Waals surface area (Å²) < 4.78 is 0. The van der Waals surface area contributed by atoms with Gasteiger partial charge in [-0.2, -0.15) is 0 Å². The Bertz CT molecular complexity index is 649. The van der Waals surface area contributed by atoms with E-state index >= 15 is 0 Å². The monoisotopic (exact) mass is 301 g/mol. The van der Waals surface area contributed by atoms with Crippen LogP contribution in [0.15, 0.2) is 28.8 Å². The average molecular weight is 301 g/mol. The lowest BCUT2D eigenvalue weighted by molar-refractivity contribution is 0.730. The maximum atomic E-state index is 7.20. The lowest BCUT2D eigenvalue weighted by Gasteiger charge is -2.18. The fourth-order valence-corrected chi connectivity index (χ4v) is 3.15. The van der Waals surface area contributed by atoms with Gasteiger partial charge in [-0.05, 0) is 32.8 Å². The summed E-state index contributed by atoms with van der Waals surface area (Å²) in [4.78, 5) is 10.2. The molecule has 2 aliphatic rings. The van der Waals surface area contributed by atoms with Crippen LogP contribution >= 0.6 is 11.3 Å². The van der Waals surface area contributed by atoms with E-state index in [4.69, 9.17) is 5.41 Å². The van der Waals surface area contributed by atoms with Crippen molar-refractivity contribution in [3.63, 3.8) is 0 Å². The number of allylic oxidation sites excluding steroid dienone is 2. The Morgan fingerprint density at radius 1 is 1.48 bits per heavy atom. The summed E-state index contributed by atoms with van der Waals surface area (Å²) in [5.74, 6) is 2.27. The topological polar surface area (TPSA) is 73.2 Å². The summed E-state index contributed by atoms with van der Waals surface area (Å²) in [6, 6.07) is 0. The molecular weight excluding hydrogens is 282 g/mol. The second-order valence-corrected chi connectivity index (χ2v) is 6.60. The van der Waals surface area contributed by atoms with Crippen LogP contribution in [0.5, 0.6) is 0 Å². The van der Waals surface area contributed by atoms with E-state index in [0.29, 0.717) is 5.92 Å². The van der Waals surface area contributed by atoms with Crippen LogP contribution < -0.4 is 10.6 Å². The highest BCUT2D eigenvalue weighted by atomic mass is 32.1. The zero-order valence-electron chi connectivity index (χ0n) is 12.2. The fourth-order valence-electron chi connectivity index (χ4n) is 2.28. The van der Waals surface area contributed by atoms with Gasteiger partial charge in [0.05, 0.1) is 17.2 Å². The molecule has 6 heteroatoms. The van der Waals surface area contributed by atoms with Gasteiger partial charge in [0.1, 0.15) is 11.6 Å². The van der Waals surface area contributed by atoms with E-state index in [-0.39, 0.29) is 0 Å². The molecule has 5 nitrogen and oxygen atoms in total. The van der Waals surface area contributed by atoms with Gasteiger partial charge in [0, 0.05) is 28.8 Å². The summed E-state index contributed by atoms with van der Waals surface area (Å²) in [6.45, 7) is 4.83. The Balaban J connectivity index is 1.72. The highest BCUT2D eigenvalue weighted by molar-refractivity contribution is 7.11. The first-order valence-electron chi connectivity index (χ1n) is 7.10. The fraction of sp³-hybridized carbons (Fsp3) is 0.400. The van der Waals surface area contributed by atoms with Crippen molar-refractivity contribution < 1.29 is 0 Å². The lowest BCUT2D eigenvalue weighted by Crippen LogP contribution is -2.29. The molecule has 110 valence electrons. The van der Waals surface area contributed by atoms with Crippen LogP contribution in [0.1, 0.15) is 28.4 Å². The maximum Gasteiger partial charge on any atom is 0.133 e. The quantitative estimate of drug-likeness (QED) is 0.732. The number of hydrogen-bond acceptors (Lipinski definition) is 6. The molecule has 0 amide bonds. The van der Waals surface area contributed by atoms with E-state index in [1.165, 1.54) is 23.9 Å². The Labute approximate surface area is 128 Å². The van der Waals surface area contributed by atoms with Gasteiger partial charge < -0.3 is 16.0 Å². The molecule has 1 aromatic rings. The predicted molar refractivity (Wildman–Crippen MR) is 86.7 cm³/mol. The van der Waals surface area contributed by atoms with Crippen molar-refractivity contribution in [1.82, 2.24) is 15.6 Å². The number of aryl methyl sites for hydroxylation is 2. The van der Waals surface area contributed by atoms with Gasteiger partial charge in [-0.25, -0.2) is 9.98 Å². The number of aliphatic imine (C=N–C) groups is 1. The van der Waals surface area contributed by atoms with E-state index in [1.807, 2.05) is 13.8 Å². The molecule has 0 aromatic carbocycles. The minimum Gasteiger partial charge on any atom is -0.367 e. The number of rotatable bonds is 5. The van der Waals surface area contributed by atoms with Crippen molar-refractivity contribution >= 4 is 23.3 Å². The molecule has 1 fully saturated rings. The Hall–Kier alpha value is -1.95. The van der Waals surface area contributed by atoms with Crippen LogP contribution in [0.2, 0.25) is 0 Å². The van der Waals surface area contributed by atoms with Crippen LogP contribution in [0.3, 0.4) is 0 Å². The van der Waals surface area contributed by atoms with Gasteiger partial charge in [0.25, 0.3) is 0 Å². The van der Waals surface area contributed by atoms with Gasteiger partial charge in [-0.3, -0.25) is 0 Å². The van der Waals surface area contributed by atoms with Crippen LogP contribution in [0, 0.1) is 25.2 Å². The molecule has 1 aromatic heterocycles. The third-order valence-electron chi connectivity index (χ3n) is 3.48. The minimum atomic E-state index is 0.588. The number of nitrogens with one attached hydrogen (secondary N) is 3. The van der Waals surface area contributed by atoms with Crippen molar-refractivity contribution in [3.8, 4) is 0 Å². The molecule has 0 spiro atoms. The summed E-state index contributed by atoms with van der Waals surface area (Å²) in [5, 5.41) is 14.9. The molecule has 21 heavy (non-hydrogen) atoms. The summed E-state index contributed by atoms with van der Waals surface area (Å²) in [6.07, 6.45) is 7.46.